The van der Waals surface area contributed by atoms with E-state index in [1.807, 2.05) is 0 Å². The first kappa shape index (κ1) is 13.4. The van der Waals surface area contributed by atoms with Gasteiger partial charge in [0.2, 0.25) is 0 Å². The highest BCUT2D eigenvalue weighted by Crippen LogP contribution is 2.39. The second-order valence-corrected chi connectivity index (χ2v) is 5.32. The van der Waals surface area contributed by atoms with Gasteiger partial charge < -0.3 is 10.1 Å². The normalized spacial score (nSPS) is 28.6. The summed E-state index contributed by atoms with van der Waals surface area (Å²) >= 11 is 0. The van der Waals surface area contributed by atoms with Crippen LogP contribution in [0.4, 0.5) is 13.2 Å². The van der Waals surface area contributed by atoms with E-state index in [1.54, 1.807) is 6.07 Å². The number of carbonyl (C=O) groups excluding carboxylic acids is 1. The summed E-state index contributed by atoms with van der Waals surface area (Å²) in [6.07, 6.45) is -3.27. The average Bonchev–Trinajstić information content (AvgIpc) is 3.16. The van der Waals surface area contributed by atoms with E-state index in [-0.39, 0.29) is 24.0 Å². The van der Waals surface area contributed by atoms with E-state index in [1.165, 1.54) is 12.1 Å². The molecule has 1 aliphatic heterocycles. The molecule has 0 radical (unpaired) electrons. The first-order valence-electron chi connectivity index (χ1n) is 6.52. The molecule has 0 spiro atoms. The molecule has 1 N–H and O–H groups in total. The SMILES string of the molecule is O=C(NC1CC(c2cccc(C(F)(F)F)c2)C1)C1CO1. The molecule has 3 nitrogen and oxygen atoms in total. The standard InChI is InChI=1S/C14H14F3NO2/c15-14(16,17)10-3-1-2-8(4-10)9-5-11(6-9)18-13(19)12-7-20-12/h1-4,9,11-12H,5-7H2,(H,18,19). The summed E-state index contributed by atoms with van der Waals surface area (Å²) in [4.78, 5) is 11.5. The van der Waals surface area contributed by atoms with Gasteiger partial charge in [-0.2, -0.15) is 13.2 Å². The molecule has 20 heavy (non-hydrogen) atoms. The Morgan fingerprint density at radius 3 is 2.60 bits per heavy atom. The second kappa shape index (κ2) is 4.77. The van der Waals surface area contributed by atoms with Crippen molar-refractivity contribution in [2.24, 2.45) is 0 Å². The lowest BCUT2D eigenvalue weighted by atomic mass is 9.75. The zero-order chi connectivity index (χ0) is 14.3. The third-order valence-corrected chi connectivity index (χ3v) is 3.80. The molecule has 3 rings (SSSR count). The van der Waals surface area contributed by atoms with Gasteiger partial charge in [0.1, 0.15) is 0 Å². The maximum Gasteiger partial charge on any atom is 0.416 e. The second-order valence-electron chi connectivity index (χ2n) is 5.32. The summed E-state index contributed by atoms with van der Waals surface area (Å²) in [6, 6.07) is 5.47. The van der Waals surface area contributed by atoms with E-state index < -0.39 is 11.7 Å². The molecule has 1 unspecified atom stereocenters. The van der Waals surface area contributed by atoms with Crippen molar-refractivity contribution in [1.29, 1.82) is 0 Å². The fourth-order valence-corrected chi connectivity index (χ4v) is 2.47. The van der Waals surface area contributed by atoms with Crippen LogP contribution in [0, 0.1) is 0 Å². The smallest absolute Gasteiger partial charge is 0.363 e. The van der Waals surface area contributed by atoms with Gasteiger partial charge in [0.25, 0.3) is 5.91 Å². The van der Waals surface area contributed by atoms with Crippen LogP contribution in [0.15, 0.2) is 24.3 Å². The Morgan fingerprint density at radius 2 is 2.00 bits per heavy atom. The molecule has 2 fully saturated rings. The molecule has 1 aromatic rings. The van der Waals surface area contributed by atoms with Crippen LogP contribution in [0.25, 0.3) is 0 Å². The van der Waals surface area contributed by atoms with Gasteiger partial charge in [-0.1, -0.05) is 18.2 Å². The molecule has 1 heterocycles. The topological polar surface area (TPSA) is 41.6 Å². The van der Waals surface area contributed by atoms with Gasteiger partial charge in [-0.3, -0.25) is 4.79 Å². The van der Waals surface area contributed by atoms with Crippen molar-refractivity contribution in [3.8, 4) is 0 Å². The average molecular weight is 285 g/mol. The quantitative estimate of drug-likeness (QED) is 0.867. The Bertz CT molecular complexity index is 519. The van der Waals surface area contributed by atoms with E-state index in [9.17, 15) is 18.0 Å². The molecule has 2 aliphatic rings. The van der Waals surface area contributed by atoms with Crippen LogP contribution >= 0.6 is 0 Å². The third kappa shape index (κ3) is 2.80. The Labute approximate surface area is 114 Å². The zero-order valence-corrected chi connectivity index (χ0v) is 10.6. The summed E-state index contributed by atoms with van der Waals surface area (Å²) in [5, 5.41) is 2.84. The van der Waals surface area contributed by atoms with Crippen molar-refractivity contribution in [3.63, 3.8) is 0 Å². The maximum atomic E-state index is 12.6. The molecule has 1 atom stereocenters. The Balaban J connectivity index is 1.58. The van der Waals surface area contributed by atoms with Gasteiger partial charge >= 0.3 is 6.18 Å². The first-order valence-corrected chi connectivity index (χ1v) is 6.52. The number of benzene rings is 1. The summed E-state index contributed by atoms with van der Waals surface area (Å²) in [6.45, 7) is 0.468. The number of hydrogen-bond acceptors (Lipinski definition) is 2. The van der Waals surface area contributed by atoms with Crippen LogP contribution in [-0.2, 0) is 15.7 Å². The summed E-state index contributed by atoms with van der Waals surface area (Å²) in [5.74, 6) is -0.0276. The molecule has 6 heteroatoms. The molecule has 1 aromatic carbocycles. The van der Waals surface area contributed by atoms with Crippen molar-refractivity contribution in [1.82, 2.24) is 5.32 Å². The molecular formula is C14H14F3NO2. The van der Waals surface area contributed by atoms with E-state index in [0.29, 0.717) is 25.0 Å². The predicted molar refractivity (Wildman–Crippen MR) is 65.1 cm³/mol. The van der Waals surface area contributed by atoms with E-state index in [2.05, 4.69) is 5.32 Å². The minimum Gasteiger partial charge on any atom is -0.363 e. The number of amides is 1. The first-order chi connectivity index (χ1) is 9.43. The lowest BCUT2D eigenvalue weighted by Gasteiger charge is -2.36. The Kier molecular flexibility index (Phi) is 3.20. The molecule has 108 valence electrons. The van der Waals surface area contributed by atoms with Crippen molar-refractivity contribution in [2.45, 2.75) is 37.1 Å². The van der Waals surface area contributed by atoms with Crippen LogP contribution in [0.1, 0.15) is 29.9 Å². The number of alkyl halides is 3. The third-order valence-electron chi connectivity index (χ3n) is 3.80. The molecule has 0 bridgehead atoms. The largest absolute Gasteiger partial charge is 0.416 e. The number of ether oxygens (including phenoxy) is 1. The highest BCUT2D eigenvalue weighted by molar-refractivity contribution is 5.83. The van der Waals surface area contributed by atoms with Crippen LogP contribution in [-0.4, -0.2) is 24.7 Å². The lowest BCUT2D eigenvalue weighted by Crippen LogP contribution is -2.45. The van der Waals surface area contributed by atoms with Gasteiger partial charge in [-0.05, 0) is 30.4 Å². The molecule has 1 saturated carbocycles. The van der Waals surface area contributed by atoms with Gasteiger partial charge in [0.15, 0.2) is 6.10 Å². The van der Waals surface area contributed by atoms with Crippen molar-refractivity contribution < 1.29 is 22.7 Å². The summed E-state index contributed by atoms with van der Waals surface area (Å²) in [7, 11) is 0. The number of hydrogen-bond donors (Lipinski definition) is 1. The Morgan fingerprint density at radius 1 is 1.30 bits per heavy atom. The summed E-state index contributed by atoms with van der Waals surface area (Å²) in [5.41, 5.74) is 0.0712. The lowest BCUT2D eigenvalue weighted by molar-refractivity contribution is -0.137. The highest BCUT2D eigenvalue weighted by atomic mass is 19.4. The van der Waals surface area contributed by atoms with Crippen molar-refractivity contribution in [3.05, 3.63) is 35.4 Å². The van der Waals surface area contributed by atoms with Crippen LogP contribution in [0.2, 0.25) is 0 Å². The Hall–Kier alpha value is -1.56. The van der Waals surface area contributed by atoms with Crippen LogP contribution in [0.3, 0.4) is 0 Å². The van der Waals surface area contributed by atoms with Crippen molar-refractivity contribution in [2.75, 3.05) is 6.61 Å². The maximum absolute atomic E-state index is 12.6. The van der Waals surface area contributed by atoms with Gasteiger partial charge in [-0.15, -0.1) is 0 Å². The predicted octanol–water partition coefficient (Wildman–Crippen LogP) is 2.47. The van der Waals surface area contributed by atoms with E-state index in [0.717, 1.165) is 6.07 Å². The molecule has 1 saturated heterocycles. The van der Waals surface area contributed by atoms with E-state index in [4.69, 9.17) is 4.74 Å². The fourth-order valence-electron chi connectivity index (χ4n) is 2.47. The molecule has 1 amide bonds. The van der Waals surface area contributed by atoms with Gasteiger partial charge in [0, 0.05) is 6.04 Å². The minimum absolute atomic E-state index is 0.0474. The number of epoxide rings is 1. The highest BCUT2D eigenvalue weighted by Gasteiger charge is 2.38. The van der Waals surface area contributed by atoms with Crippen molar-refractivity contribution >= 4 is 5.91 Å². The van der Waals surface area contributed by atoms with Gasteiger partial charge in [-0.25, -0.2) is 0 Å². The fraction of sp³-hybridized carbons (Fsp3) is 0.500. The van der Waals surface area contributed by atoms with E-state index >= 15 is 0 Å². The molecule has 0 aromatic heterocycles. The monoisotopic (exact) mass is 285 g/mol. The minimum atomic E-state index is -4.31. The molecule has 1 aliphatic carbocycles. The van der Waals surface area contributed by atoms with Crippen LogP contribution < -0.4 is 5.32 Å². The number of carbonyl (C=O) groups is 1. The number of nitrogens with one attached hydrogen (secondary N) is 1. The number of rotatable bonds is 3. The summed E-state index contributed by atoms with van der Waals surface area (Å²) < 4.78 is 42.7. The number of halogens is 3. The zero-order valence-electron chi connectivity index (χ0n) is 10.6. The van der Waals surface area contributed by atoms with Crippen LogP contribution in [0.5, 0.6) is 0 Å². The molecular weight excluding hydrogens is 271 g/mol. The van der Waals surface area contributed by atoms with Gasteiger partial charge in [0.05, 0.1) is 12.2 Å².